The van der Waals surface area contributed by atoms with Gasteiger partial charge in [-0.15, -0.1) is 0 Å². The molecule has 2 rings (SSSR count). The van der Waals surface area contributed by atoms with Crippen LogP contribution >= 0.6 is 0 Å². The topological polar surface area (TPSA) is 77.7 Å². The first-order valence-electron chi connectivity index (χ1n) is 5.18. The smallest absolute Gasteiger partial charge is 0.313 e. The number of carboxylic acid groups (broad SMARTS) is 1. The van der Waals surface area contributed by atoms with Crippen molar-refractivity contribution in [3.05, 3.63) is 0 Å². The molecule has 0 aliphatic carbocycles. The van der Waals surface area contributed by atoms with Gasteiger partial charge in [0.2, 0.25) is 0 Å². The Balaban J connectivity index is 1.97. The van der Waals surface area contributed by atoms with Crippen molar-refractivity contribution in [3.8, 4) is 0 Å². The molecule has 7 nitrogen and oxygen atoms in total. The average molecular weight is 226 g/mol. The van der Waals surface area contributed by atoms with Crippen LogP contribution in [0.3, 0.4) is 0 Å². The largest absolute Gasteiger partial charge is 0.481 e. The van der Waals surface area contributed by atoms with Crippen molar-refractivity contribution in [2.75, 3.05) is 26.2 Å². The number of nitrogens with zero attached hydrogens (tertiary/aromatic N) is 4. The molecule has 2 heterocycles. The summed E-state index contributed by atoms with van der Waals surface area (Å²) in [4.78, 5) is 24.5. The van der Waals surface area contributed by atoms with Crippen LogP contribution in [-0.4, -0.2) is 59.6 Å². The first-order valence-corrected chi connectivity index (χ1v) is 5.18. The molecule has 0 radical (unpaired) electrons. The summed E-state index contributed by atoms with van der Waals surface area (Å²) >= 11 is 0. The van der Waals surface area contributed by atoms with Crippen LogP contribution in [0, 0.1) is 5.92 Å². The SMILES string of the molecule is CC(C(=O)O)C1=NCCN1ON1C=NCC1. The Bertz CT molecular complexity index is 342. The number of rotatable bonds is 4. The number of hydrogen-bond acceptors (Lipinski definition) is 6. The van der Waals surface area contributed by atoms with Gasteiger partial charge in [0.1, 0.15) is 18.1 Å². The zero-order chi connectivity index (χ0) is 11.5. The fourth-order valence-electron chi connectivity index (χ4n) is 1.55. The molecule has 1 unspecified atom stereocenters. The quantitative estimate of drug-likeness (QED) is 0.706. The Hall–Kier alpha value is -1.63. The van der Waals surface area contributed by atoms with E-state index in [9.17, 15) is 4.79 Å². The van der Waals surface area contributed by atoms with Crippen LogP contribution < -0.4 is 0 Å². The minimum absolute atomic E-state index is 0.466. The second-order valence-corrected chi connectivity index (χ2v) is 3.65. The van der Waals surface area contributed by atoms with E-state index in [0.717, 1.165) is 0 Å². The van der Waals surface area contributed by atoms with Crippen LogP contribution in [0.5, 0.6) is 0 Å². The third-order valence-electron chi connectivity index (χ3n) is 2.45. The highest BCUT2D eigenvalue weighted by molar-refractivity contribution is 6.00. The Labute approximate surface area is 92.9 Å². The molecule has 0 aromatic carbocycles. The van der Waals surface area contributed by atoms with Gasteiger partial charge >= 0.3 is 5.97 Å². The van der Waals surface area contributed by atoms with Gasteiger partial charge in [-0.3, -0.25) is 14.8 Å². The molecule has 2 aliphatic heterocycles. The number of hydroxylamine groups is 4. The van der Waals surface area contributed by atoms with Gasteiger partial charge in [-0.1, -0.05) is 0 Å². The van der Waals surface area contributed by atoms with Crippen LogP contribution in [0.2, 0.25) is 0 Å². The van der Waals surface area contributed by atoms with E-state index < -0.39 is 11.9 Å². The lowest BCUT2D eigenvalue weighted by atomic mass is 10.1. The molecule has 0 aromatic rings. The molecule has 0 aromatic heterocycles. The van der Waals surface area contributed by atoms with Gasteiger partial charge in [-0.2, -0.15) is 4.94 Å². The van der Waals surface area contributed by atoms with E-state index in [1.165, 1.54) is 5.06 Å². The molecular weight excluding hydrogens is 212 g/mol. The predicted octanol–water partition coefficient (Wildman–Crippen LogP) is -0.388. The minimum Gasteiger partial charge on any atom is -0.481 e. The van der Waals surface area contributed by atoms with Gasteiger partial charge in [-0.25, -0.2) is 10.1 Å². The van der Waals surface area contributed by atoms with Gasteiger partial charge in [0.25, 0.3) is 0 Å². The molecule has 7 heteroatoms. The number of carbonyl (C=O) groups is 1. The maximum atomic E-state index is 10.9. The van der Waals surface area contributed by atoms with Crippen LogP contribution in [0.1, 0.15) is 6.92 Å². The second kappa shape index (κ2) is 4.48. The van der Waals surface area contributed by atoms with Crippen LogP contribution in [0.15, 0.2) is 9.98 Å². The lowest BCUT2D eigenvalue weighted by molar-refractivity contribution is -0.243. The first-order chi connectivity index (χ1) is 7.68. The molecule has 1 atom stereocenters. The molecule has 0 fully saturated rings. The molecule has 0 amide bonds. The molecular formula is C9H14N4O3. The highest BCUT2D eigenvalue weighted by Crippen LogP contribution is 2.13. The molecule has 1 N–H and O–H groups in total. The van der Waals surface area contributed by atoms with Gasteiger partial charge in [-0.05, 0) is 6.92 Å². The van der Waals surface area contributed by atoms with E-state index in [1.54, 1.807) is 18.3 Å². The first kappa shape index (κ1) is 10.9. The number of amidine groups is 1. The van der Waals surface area contributed by atoms with Gasteiger partial charge in [0.05, 0.1) is 26.2 Å². The summed E-state index contributed by atoms with van der Waals surface area (Å²) in [6, 6.07) is 0. The molecule has 0 saturated carbocycles. The van der Waals surface area contributed by atoms with Crippen molar-refractivity contribution in [2.45, 2.75) is 6.92 Å². The van der Waals surface area contributed by atoms with Crippen molar-refractivity contribution in [1.29, 1.82) is 0 Å². The highest BCUT2D eigenvalue weighted by Gasteiger charge is 2.29. The van der Waals surface area contributed by atoms with Gasteiger partial charge < -0.3 is 5.11 Å². The van der Waals surface area contributed by atoms with E-state index in [2.05, 4.69) is 9.98 Å². The maximum absolute atomic E-state index is 10.9. The van der Waals surface area contributed by atoms with Crippen molar-refractivity contribution < 1.29 is 14.8 Å². The van der Waals surface area contributed by atoms with E-state index in [4.69, 9.17) is 10.0 Å². The van der Waals surface area contributed by atoms with E-state index in [-0.39, 0.29) is 0 Å². The third-order valence-corrected chi connectivity index (χ3v) is 2.45. The molecule has 0 bridgehead atoms. The average Bonchev–Trinajstić information content (AvgIpc) is 2.88. The number of hydrogen-bond donors (Lipinski definition) is 1. The Kier molecular flexibility index (Phi) is 3.04. The maximum Gasteiger partial charge on any atom is 0.313 e. The summed E-state index contributed by atoms with van der Waals surface area (Å²) in [6.07, 6.45) is 1.60. The van der Waals surface area contributed by atoms with Crippen LogP contribution in [0.4, 0.5) is 0 Å². The molecule has 88 valence electrons. The summed E-state index contributed by atoms with van der Waals surface area (Å²) in [5.74, 6) is -1.08. The summed E-state index contributed by atoms with van der Waals surface area (Å²) in [6.45, 7) is 4.14. The lowest BCUT2D eigenvalue weighted by Gasteiger charge is -2.25. The van der Waals surface area contributed by atoms with E-state index in [0.29, 0.717) is 32.0 Å². The fourth-order valence-corrected chi connectivity index (χ4v) is 1.55. The summed E-state index contributed by atoms with van der Waals surface area (Å²) in [5, 5.41) is 12.0. The second-order valence-electron chi connectivity index (χ2n) is 3.65. The predicted molar refractivity (Wildman–Crippen MR) is 57.0 cm³/mol. The monoisotopic (exact) mass is 226 g/mol. The van der Waals surface area contributed by atoms with Crippen molar-refractivity contribution in [2.24, 2.45) is 15.9 Å². The number of aliphatic imine (C=N–C) groups is 2. The van der Waals surface area contributed by atoms with Gasteiger partial charge in [0, 0.05) is 0 Å². The van der Waals surface area contributed by atoms with Crippen molar-refractivity contribution in [3.63, 3.8) is 0 Å². The summed E-state index contributed by atoms with van der Waals surface area (Å²) < 4.78 is 0. The normalized spacial score (nSPS) is 21.4. The number of carboxylic acids is 1. The van der Waals surface area contributed by atoms with E-state index >= 15 is 0 Å². The zero-order valence-electron chi connectivity index (χ0n) is 9.04. The Morgan fingerprint density at radius 1 is 1.56 bits per heavy atom. The van der Waals surface area contributed by atoms with E-state index in [1.807, 2.05) is 0 Å². The Morgan fingerprint density at radius 3 is 3.00 bits per heavy atom. The van der Waals surface area contributed by atoms with Crippen LogP contribution in [-0.2, 0) is 9.73 Å². The zero-order valence-corrected chi connectivity index (χ0v) is 9.04. The van der Waals surface area contributed by atoms with Crippen molar-refractivity contribution in [1.82, 2.24) is 10.1 Å². The fraction of sp³-hybridized carbons (Fsp3) is 0.667. The summed E-state index contributed by atoms with van der Waals surface area (Å²) in [5.41, 5.74) is 0. The molecule has 16 heavy (non-hydrogen) atoms. The highest BCUT2D eigenvalue weighted by atomic mass is 16.8. The molecule has 2 aliphatic rings. The Morgan fingerprint density at radius 2 is 2.38 bits per heavy atom. The molecule has 0 spiro atoms. The van der Waals surface area contributed by atoms with Crippen molar-refractivity contribution >= 4 is 18.1 Å². The van der Waals surface area contributed by atoms with Gasteiger partial charge in [0.15, 0.2) is 0 Å². The minimum atomic E-state index is -0.899. The standard InChI is InChI=1S/C9H14N4O3/c1-7(9(14)15)8-11-3-5-13(8)16-12-4-2-10-6-12/h6-7H,2-5H2,1H3,(H,14,15). The number of aliphatic carboxylic acids is 1. The molecule has 0 saturated heterocycles. The third kappa shape index (κ3) is 2.13. The van der Waals surface area contributed by atoms with Crippen LogP contribution in [0.25, 0.3) is 0 Å². The summed E-state index contributed by atoms with van der Waals surface area (Å²) in [7, 11) is 0. The lowest BCUT2D eigenvalue weighted by Crippen LogP contribution is -2.40.